The number of aromatic amines is 1. The number of hydrogen-bond acceptors (Lipinski definition) is 5. The van der Waals surface area contributed by atoms with Crippen molar-refractivity contribution in [2.45, 2.75) is 12.3 Å². The van der Waals surface area contributed by atoms with E-state index in [4.69, 9.17) is 0 Å². The average Bonchev–Trinajstić information content (AvgIpc) is 3.40. The summed E-state index contributed by atoms with van der Waals surface area (Å²) in [6, 6.07) is 14.1. The van der Waals surface area contributed by atoms with E-state index in [1.165, 1.54) is 18.2 Å². The van der Waals surface area contributed by atoms with E-state index in [0.29, 0.717) is 33.8 Å². The predicted molar refractivity (Wildman–Crippen MR) is 113 cm³/mol. The van der Waals surface area contributed by atoms with Gasteiger partial charge in [-0.2, -0.15) is 0 Å². The van der Waals surface area contributed by atoms with Gasteiger partial charge in [0.05, 0.1) is 17.8 Å². The molecule has 4 aromatic rings. The Morgan fingerprint density at radius 3 is 2.66 bits per heavy atom. The van der Waals surface area contributed by atoms with Crippen molar-refractivity contribution in [1.29, 1.82) is 0 Å². The van der Waals surface area contributed by atoms with Crippen LogP contribution < -0.4 is 10.2 Å². The van der Waals surface area contributed by atoms with Crippen molar-refractivity contribution >= 4 is 28.4 Å². The summed E-state index contributed by atoms with van der Waals surface area (Å²) in [5.41, 5.74) is 3.09. The third-order valence-corrected chi connectivity index (χ3v) is 5.35. The fourth-order valence-corrected chi connectivity index (χ4v) is 3.67. The molecule has 1 fully saturated rings. The monoisotopic (exact) mass is 438 g/mol. The van der Waals surface area contributed by atoms with Crippen LogP contribution in [0.3, 0.4) is 0 Å². The summed E-state index contributed by atoms with van der Waals surface area (Å²) in [4.78, 5) is 18.7. The smallest absolute Gasteiger partial charge is 0.266 e. The molecule has 5 rings (SSSR count). The molecule has 0 unspecified atom stereocenters. The quantitative estimate of drug-likeness (QED) is 0.497. The molecule has 0 atom stereocenters. The molecule has 3 heterocycles. The Labute approximate surface area is 180 Å². The van der Waals surface area contributed by atoms with Crippen LogP contribution >= 0.6 is 0 Å². The van der Waals surface area contributed by atoms with E-state index in [9.17, 15) is 18.0 Å². The highest BCUT2D eigenvalue weighted by Gasteiger charge is 2.38. The third kappa shape index (κ3) is 3.86. The molecule has 1 aliphatic rings. The van der Waals surface area contributed by atoms with E-state index in [1.807, 2.05) is 0 Å². The molecule has 0 radical (unpaired) electrons. The Balaban J connectivity index is 1.34. The van der Waals surface area contributed by atoms with Gasteiger partial charge in [0.1, 0.15) is 11.3 Å². The maximum atomic E-state index is 14.4. The first-order valence-corrected chi connectivity index (χ1v) is 9.90. The lowest BCUT2D eigenvalue weighted by Crippen LogP contribution is -2.24. The van der Waals surface area contributed by atoms with E-state index < -0.39 is 17.6 Å². The summed E-state index contributed by atoms with van der Waals surface area (Å²) in [7, 11) is 0. The lowest BCUT2D eigenvalue weighted by atomic mass is 10.1. The molecule has 0 aliphatic carbocycles. The molecule has 162 valence electrons. The van der Waals surface area contributed by atoms with Crippen LogP contribution in [0.5, 0.6) is 0 Å². The van der Waals surface area contributed by atoms with E-state index >= 15 is 0 Å². The topological polar surface area (TPSA) is 86.8 Å². The third-order valence-electron chi connectivity index (χ3n) is 5.35. The van der Waals surface area contributed by atoms with Gasteiger partial charge in [0.2, 0.25) is 0 Å². The zero-order chi connectivity index (χ0) is 22.3. The molecule has 2 N–H and O–H groups in total. The van der Waals surface area contributed by atoms with Crippen molar-refractivity contribution in [3.63, 3.8) is 0 Å². The molecule has 7 nitrogen and oxygen atoms in total. The number of fused-ring (bicyclic) bond motifs is 1. The fourth-order valence-electron chi connectivity index (χ4n) is 3.67. The number of benzene rings is 2. The molecule has 0 spiro atoms. The number of aromatic nitrogens is 4. The number of amides is 1. The summed E-state index contributed by atoms with van der Waals surface area (Å²) >= 11 is 0. The largest absolute Gasteiger partial charge is 0.365 e. The van der Waals surface area contributed by atoms with Crippen LogP contribution in [0.2, 0.25) is 0 Å². The van der Waals surface area contributed by atoms with Crippen molar-refractivity contribution in [2.75, 3.05) is 23.3 Å². The number of halogens is 3. The second-order valence-corrected chi connectivity index (χ2v) is 7.60. The Hall–Kier alpha value is -3.95. The molecule has 2 aromatic carbocycles. The lowest BCUT2D eigenvalue weighted by Gasteiger charge is -2.18. The maximum absolute atomic E-state index is 14.4. The van der Waals surface area contributed by atoms with E-state index in [1.54, 1.807) is 41.3 Å². The van der Waals surface area contributed by atoms with E-state index in [2.05, 4.69) is 25.7 Å². The summed E-state index contributed by atoms with van der Waals surface area (Å²) < 4.78 is 41.3. The van der Waals surface area contributed by atoms with Crippen molar-refractivity contribution in [2.24, 2.45) is 0 Å². The average molecular weight is 438 g/mol. The van der Waals surface area contributed by atoms with Crippen LogP contribution in [0, 0.1) is 5.82 Å². The van der Waals surface area contributed by atoms with Crippen LogP contribution in [-0.2, 0) is 0 Å². The molecule has 10 heteroatoms. The molecule has 0 bridgehead atoms. The van der Waals surface area contributed by atoms with Gasteiger partial charge >= 0.3 is 0 Å². The number of nitrogens with zero attached hydrogens (tertiary/aromatic N) is 4. The summed E-state index contributed by atoms with van der Waals surface area (Å²) in [6.45, 7) is -0.0592. The summed E-state index contributed by atoms with van der Waals surface area (Å²) in [5, 5.41) is 12.9. The number of H-pyrrole nitrogens is 1. The first-order valence-electron chi connectivity index (χ1n) is 9.90. The highest BCUT2D eigenvalue weighted by atomic mass is 19.3. The van der Waals surface area contributed by atoms with Gasteiger partial charge in [-0.05, 0) is 54.6 Å². The Bertz CT molecular complexity index is 1300. The molecule has 1 aliphatic heterocycles. The van der Waals surface area contributed by atoms with Gasteiger partial charge < -0.3 is 10.2 Å². The standard InChI is InChI=1S/C22H17F3N6O/c23-17-6-1-13(18-7-8-19-20(27-18)29-30-28-19)11-16(17)21(32)26-14-2-4-15(5-3-14)31-10-9-22(24,25)12-31/h1-8,11H,9-10,12H2,(H,26,32)(H,27,28,29,30). The Morgan fingerprint density at radius 2 is 1.91 bits per heavy atom. The van der Waals surface area contributed by atoms with Crippen molar-refractivity contribution in [3.05, 3.63) is 66.0 Å². The molecule has 1 amide bonds. The Morgan fingerprint density at radius 1 is 1.09 bits per heavy atom. The van der Waals surface area contributed by atoms with Crippen LogP contribution in [0.25, 0.3) is 22.4 Å². The summed E-state index contributed by atoms with van der Waals surface area (Å²) in [5.74, 6) is -4.00. The Kier molecular flexibility index (Phi) is 4.76. The molecule has 1 saturated heterocycles. The van der Waals surface area contributed by atoms with Crippen LogP contribution in [-0.4, -0.2) is 45.3 Å². The van der Waals surface area contributed by atoms with Gasteiger partial charge in [-0.1, -0.05) is 5.21 Å². The minimum Gasteiger partial charge on any atom is -0.365 e. The molecular formula is C22H17F3N6O. The highest BCUT2D eigenvalue weighted by Crippen LogP contribution is 2.31. The van der Waals surface area contributed by atoms with Gasteiger partial charge in [0.15, 0.2) is 5.65 Å². The number of carbonyl (C=O) groups is 1. The van der Waals surface area contributed by atoms with Crippen molar-refractivity contribution in [3.8, 4) is 11.3 Å². The predicted octanol–water partition coefficient (Wildman–Crippen LogP) is 4.26. The number of carbonyl (C=O) groups excluding carboxylic acids is 1. The fraction of sp³-hybridized carbons (Fsp3) is 0.182. The number of alkyl halides is 2. The second kappa shape index (κ2) is 7.63. The van der Waals surface area contributed by atoms with Crippen molar-refractivity contribution in [1.82, 2.24) is 20.4 Å². The number of anilines is 2. The minimum atomic E-state index is -2.69. The highest BCUT2D eigenvalue weighted by molar-refractivity contribution is 6.05. The van der Waals surface area contributed by atoms with Gasteiger partial charge in [0, 0.05) is 29.9 Å². The van der Waals surface area contributed by atoms with Crippen LogP contribution in [0.1, 0.15) is 16.8 Å². The zero-order valence-corrected chi connectivity index (χ0v) is 16.6. The number of rotatable bonds is 4. The van der Waals surface area contributed by atoms with Crippen LogP contribution in [0.15, 0.2) is 54.6 Å². The normalized spacial score (nSPS) is 15.3. The molecule has 0 saturated carbocycles. The van der Waals surface area contributed by atoms with Gasteiger partial charge in [0.25, 0.3) is 11.8 Å². The van der Waals surface area contributed by atoms with Gasteiger partial charge in [-0.25, -0.2) is 23.3 Å². The van der Waals surface area contributed by atoms with E-state index in [-0.39, 0.29) is 25.1 Å². The SMILES string of the molecule is O=C(Nc1ccc(N2CCC(F)(F)C2)cc1)c1cc(-c2ccc3nn[nH]c3n2)ccc1F. The molecule has 32 heavy (non-hydrogen) atoms. The number of nitrogens with one attached hydrogen (secondary N) is 2. The molecule has 2 aromatic heterocycles. The molecular weight excluding hydrogens is 421 g/mol. The van der Waals surface area contributed by atoms with Gasteiger partial charge in [-0.3, -0.25) is 4.79 Å². The first kappa shape index (κ1) is 20.0. The van der Waals surface area contributed by atoms with Crippen LogP contribution in [0.4, 0.5) is 24.5 Å². The maximum Gasteiger partial charge on any atom is 0.266 e. The number of pyridine rings is 1. The minimum absolute atomic E-state index is 0.143. The first-order chi connectivity index (χ1) is 15.4. The number of hydrogen-bond donors (Lipinski definition) is 2. The summed E-state index contributed by atoms with van der Waals surface area (Å²) in [6.07, 6.45) is -0.181. The van der Waals surface area contributed by atoms with E-state index in [0.717, 1.165) is 0 Å². The lowest BCUT2D eigenvalue weighted by molar-refractivity contribution is 0.0257. The van der Waals surface area contributed by atoms with Crippen molar-refractivity contribution < 1.29 is 18.0 Å². The van der Waals surface area contributed by atoms with Gasteiger partial charge in [-0.15, -0.1) is 5.10 Å². The second-order valence-electron chi connectivity index (χ2n) is 7.60. The zero-order valence-electron chi connectivity index (χ0n) is 16.6.